The molecule has 1 heterocycles. The molecule has 0 N–H and O–H groups in total. The summed E-state index contributed by atoms with van der Waals surface area (Å²) in [5.41, 5.74) is 0.477. The fourth-order valence-corrected chi connectivity index (χ4v) is 2.42. The minimum atomic E-state index is -0.110. The summed E-state index contributed by atoms with van der Waals surface area (Å²) in [7, 11) is 3.09. The molecular weight excluding hydrogens is 256 g/mol. The number of carbonyl (C=O) groups excluding carboxylic acids is 1. The van der Waals surface area contributed by atoms with E-state index in [1.807, 2.05) is 0 Å². The number of amides is 1. The second-order valence-electron chi connectivity index (χ2n) is 4.79. The summed E-state index contributed by atoms with van der Waals surface area (Å²) < 4.78 is 10.4. The molecular formula is C15H18N2O3. The van der Waals surface area contributed by atoms with Gasteiger partial charge in [-0.1, -0.05) is 0 Å². The van der Waals surface area contributed by atoms with Crippen LogP contribution in [-0.2, 0) is 0 Å². The summed E-state index contributed by atoms with van der Waals surface area (Å²) in [5, 5.41) is 9.01. The molecule has 1 amide bonds. The molecule has 5 heteroatoms. The first kappa shape index (κ1) is 14.2. The van der Waals surface area contributed by atoms with Crippen LogP contribution in [-0.4, -0.2) is 38.1 Å². The Balaban J connectivity index is 2.25. The molecule has 0 radical (unpaired) electrons. The molecule has 1 aliphatic rings. The molecule has 0 aromatic heterocycles. The maximum absolute atomic E-state index is 12.6. The van der Waals surface area contributed by atoms with Crippen molar-refractivity contribution in [3.8, 4) is 17.6 Å². The summed E-state index contributed by atoms with van der Waals surface area (Å²) in [6.45, 7) is 1.16. The minimum absolute atomic E-state index is 0.0793. The number of nitriles is 1. The van der Waals surface area contributed by atoms with Gasteiger partial charge in [0.2, 0.25) is 0 Å². The highest BCUT2D eigenvalue weighted by Gasteiger charge is 2.26. The van der Waals surface area contributed by atoms with Crippen LogP contribution in [0.4, 0.5) is 0 Å². The second kappa shape index (κ2) is 6.29. The first-order valence-electron chi connectivity index (χ1n) is 6.60. The van der Waals surface area contributed by atoms with Gasteiger partial charge in [0.05, 0.1) is 31.8 Å². The van der Waals surface area contributed by atoms with E-state index >= 15 is 0 Å². The molecule has 106 valence electrons. The monoisotopic (exact) mass is 274 g/mol. The number of benzene rings is 1. The SMILES string of the molecule is COc1ccc(OC)c(C(=O)N2CCCC(C#N)C2)c1. The summed E-state index contributed by atoms with van der Waals surface area (Å²) in [6.07, 6.45) is 1.71. The van der Waals surface area contributed by atoms with Crippen molar-refractivity contribution in [3.63, 3.8) is 0 Å². The van der Waals surface area contributed by atoms with Crippen molar-refractivity contribution in [1.82, 2.24) is 4.90 Å². The van der Waals surface area contributed by atoms with E-state index in [4.69, 9.17) is 14.7 Å². The Kier molecular flexibility index (Phi) is 4.46. The molecule has 0 bridgehead atoms. The van der Waals surface area contributed by atoms with E-state index in [0.717, 1.165) is 12.8 Å². The molecule has 20 heavy (non-hydrogen) atoms. The van der Waals surface area contributed by atoms with Gasteiger partial charge in [0.25, 0.3) is 5.91 Å². The zero-order chi connectivity index (χ0) is 14.5. The molecule has 0 spiro atoms. The van der Waals surface area contributed by atoms with Crippen molar-refractivity contribution in [1.29, 1.82) is 5.26 Å². The molecule has 1 aliphatic heterocycles. The van der Waals surface area contributed by atoms with Gasteiger partial charge >= 0.3 is 0 Å². The highest BCUT2D eigenvalue weighted by molar-refractivity contribution is 5.97. The van der Waals surface area contributed by atoms with E-state index < -0.39 is 0 Å². The van der Waals surface area contributed by atoms with Crippen LogP contribution < -0.4 is 9.47 Å². The van der Waals surface area contributed by atoms with E-state index in [9.17, 15) is 4.79 Å². The van der Waals surface area contributed by atoms with Crippen molar-refractivity contribution < 1.29 is 14.3 Å². The molecule has 1 atom stereocenters. The third kappa shape index (κ3) is 2.85. The van der Waals surface area contributed by atoms with Crippen molar-refractivity contribution in [2.24, 2.45) is 5.92 Å². The fraction of sp³-hybridized carbons (Fsp3) is 0.467. The highest BCUT2D eigenvalue weighted by atomic mass is 16.5. The lowest BCUT2D eigenvalue weighted by Crippen LogP contribution is -2.39. The van der Waals surface area contributed by atoms with Crippen LogP contribution in [0.3, 0.4) is 0 Å². The standard InChI is InChI=1S/C15H18N2O3/c1-19-12-5-6-14(20-2)13(8-12)15(18)17-7-3-4-11(9-16)10-17/h5-6,8,11H,3-4,7,10H2,1-2H3. The van der Waals surface area contributed by atoms with Crippen molar-refractivity contribution in [3.05, 3.63) is 23.8 Å². The Morgan fingerprint density at radius 2 is 2.20 bits per heavy atom. The molecule has 1 aromatic carbocycles. The maximum atomic E-state index is 12.6. The molecule has 1 fully saturated rings. The van der Waals surface area contributed by atoms with Gasteiger partial charge in [0.15, 0.2) is 0 Å². The number of ether oxygens (including phenoxy) is 2. The number of hydrogen-bond acceptors (Lipinski definition) is 4. The zero-order valence-corrected chi connectivity index (χ0v) is 11.8. The van der Waals surface area contributed by atoms with Crippen LogP contribution in [0, 0.1) is 17.2 Å². The summed E-state index contributed by atoms with van der Waals surface area (Å²) in [5.74, 6) is 0.947. The number of hydrogen-bond donors (Lipinski definition) is 0. The number of methoxy groups -OCH3 is 2. The topological polar surface area (TPSA) is 62.6 Å². The summed E-state index contributed by atoms with van der Waals surface area (Å²) >= 11 is 0. The molecule has 1 aromatic rings. The average Bonchev–Trinajstić information content (AvgIpc) is 2.53. The predicted octanol–water partition coefficient (Wildman–Crippen LogP) is 2.08. The molecule has 1 unspecified atom stereocenters. The Hall–Kier alpha value is -2.22. The van der Waals surface area contributed by atoms with Gasteiger partial charge in [0.1, 0.15) is 11.5 Å². The Labute approximate surface area is 118 Å². The third-order valence-electron chi connectivity index (χ3n) is 3.53. The summed E-state index contributed by atoms with van der Waals surface area (Å²) in [4.78, 5) is 14.3. The lowest BCUT2D eigenvalue weighted by Gasteiger charge is -2.30. The van der Waals surface area contributed by atoms with Crippen molar-refractivity contribution >= 4 is 5.91 Å². The van der Waals surface area contributed by atoms with Crippen LogP contribution in [0.5, 0.6) is 11.5 Å². The van der Waals surface area contributed by atoms with Crippen molar-refractivity contribution in [2.75, 3.05) is 27.3 Å². The zero-order valence-electron chi connectivity index (χ0n) is 11.8. The average molecular weight is 274 g/mol. The third-order valence-corrected chi connectivity index (χ3v) is 3.53. The normalized spacial score (nSPS) is 18.2. The molecule has 5 nitrogen and oxygen atoms in total. The van der Waals surface area contributed by atoms with Gasteiger partial charge in [-0.15, -0.1) is 0 Å². The van der Waals surface area contributed by atoms with Gasteiger partial charge in [0, 0.05) is 13.1 Å². The second-order valence-corrected chi connectivity index (χ2v) is 4.79. The number of nitrogens with zero attached hydrogens (tertiary/aromatic N) is 2. The number of rotatable bonds is 3. The Morgan fingerprint density at radius 1 is 1.40 bits per heavy atom. The van der Waals surface area contributed by atoms with Crippen LogP contribution in [0.15, 0.2) is 18.2 Å². The van der Waals surface area contributed by atoms with E-state index in [2.05, 4.69) is 6.07 Å². The molecule has 2 rings (SSSR count). The minimum Gasteiger partial charge on any atom is -0.497 e. The first-order chi connectivity index (χ1) is 9.69. The molecule has 1 saturated heterocycles. The van der Waals surface area contributed by atoms with E-state index in [1.54, 1.807) is 30.2 Å². The van der Waals surface area contributed by atoms with Gasteiger partial charge < -0.3 is 14.4 Å². The number of piperidine rings is 1. The van der Waals surface area contributed by atoms with Crippen molar-refractivity contribution in [2.45, 2.75) is 12.8 Å². The Bertz CT molecular complexity index is 536. The molecule has 0 aliphatic carbocycles. The van der Waals surface area contributed by atoms with Gasteiger partial charge in [-0.2, -0.15) is 5.26 Å². The van der Waals surface area contributed by atoms with E-state index in [1.165, 1.54) is 7.11 Å². The summed E-state index contributed by atoms with van der Waals surface area (Å²) in [6, 6.07) is 7.39. The van der Waals surface area contributed by atoms with Gasteiger partial charge in [-0.3, -0.25) is 4.79 Å². The van der Waals surface area contributed by atoms with Crippen LogP contribution in [0.25, 0.3) is 0 Å². The Morgan fingerprint density at radius 3 is 2.85 bits per heavy atom. The number of carbonyl (C=O) groups is 1. The van der Waals surface area contributed by atoms with Gasteiger partial charge in [-0.05, 0) is 31.0 Å². The van der Waals surface area contributed by atoms with E-state index in [-0.39, 0.29) is 11.8 Å². The van der Waals surface area contributed by atoms with Gasteiger partial charge in [-0.25, -0.2) is 0 Å². The van der Waals surface area contributed by atoms with Crippen LogP contribution >= 0.6 is 0 Å². The smallest absolute Gasteiger partial charge is 0.257 e. The lowest BCUT2D eigenvalue weighted by atomic mass is 9.99. The lowest BCUT2D eigenvalue weighted by molar-refractivity contribution is 0.0695. The van der Waals surface area contributed by atoms with E-state index in [0.29, 0.717) is 30.2 Å². The highest BCUT2D eigenvalue weighted by Crippen LogP contribution is 2.27. The largest absolute Gasteiger partial charge is 0.497 e. The maximum Gasteiger partial charge on any atom is 0.257 e. The van der Waals surface area contributed by atoms with Crippen LogP contribution in [0.1, 0.15) is 23.2 Å². The van der Waals surface area contributed by atoms with Crippen LogP contribution in [0.2, 0.25) is 0 Å². The quantitative estimate of drug-likeness (QED) is 0.846. The number of likely N-dealkylation sites (tertiary alicyclic amines) is 1. The fourth-order valence-electron chi connectivity index (χ4n) is 2.42. The molecule has 0 saturated carbocycles. The first-order valence-corrected chi connectivity index (χ1v) is 6.60. The predicted molar refractivity (Wildman–Crippen MR) is 73.8 cm³/mol.